The predicted octanol–water partition coefficient (Wildman–Crippen LogP) is 4.08. The molecule has 1 aromatic heterocycles. The molecule has 0 amide bonds. The Labute approximate surface area is 93.9 Å². The molecule has 1 rings (SSSR count). The van der Waals surface area contributed by atoms with Gasteiger partial charge in [-0.25, -0.2) is 0 Å². The Morgan fingerprint density at radius 1 is 1.07 bits per heavy atom. The zero-order valence-corrected chi connectivity index (χ0v) is 10.3. The lowest BCUT2D eigenvalue weighted by molar-refractivity contribution is 0.657. The van der Waals surface area contributed by atoms with Gasteiger partial charge in [0.25, 0.3) is 0 Å². The fraction of sp³-hybridized carbons (Fsp3) is 0.643. The molecule has 0 aliphatic carbocycles. The second-order valence-corrected chi connectivity index (χ2v) is 4.22. The Morgan fingerprint density at radius 3 is 2.53 bits per heavy atom. The number of aryl methyl sites for hydroxylation is 3. The molecular weight excluding hydrogens is 182 g/mol. The molecular formula is C14H23N. The average molecular weight is 205 g/mol. The van der Waals surface area contributed by atoms with E-state index in [0.717, 1.165) is 18.5 Å². The van der Waals surface area contributed by atoms with Crippen LogP contribution in [0, 0.1) is 6.92 Å². The Hall–Kier alpha value is -0.850. The first kappa shape index (κ1) is 12.2. The van der Waals surface area contributed by atoms with Gasteiger partial charge >= 0.3 is 0 Å². The van der Waals surface area contributed by atoms with Crippen molar-refractivity contribution in [2.24, 2.45) is 0 Å². The largest absolute Gasteiger partial charge is 0.258 e. The third-order valence-electron chi connectivity index (χ3n) is 2.86. The number of rotatable bonds is 6. The van der Waals surface area contributed by atoms with Crippen LogP contribution in [0.25, 0.3) is 0 Å². The minimum atomic E-state index is 1.11. The molecule has 0 bridgehead atoms. The van der Waals surface area contributed by atoms with Crippen molar-refractivity contribution < 1.29 is 0 Å². The summed E-state index contributed by atoms with van der Waals surface area (Å²) >= 11 is 0. The molecule has 15 heavy (non-hydrogen) atoms. The Kier molecular flexibility index (Phi) is 5.38. The second kappa shape index (κ2) is 6.60. The van der Waals surface area contributed by atoms with Crippen LogP contribution in [0.2, 0.25) is 0 Å². The third-order valence-corrected chi connectivity index (χ3v) is 2.86. The normalized spacial score (nSPS) is 10.6. The van der Waals surface area contributed by atoms with Crippen molar-refractivity contribution in [2.75, 3.05) is 0 Å². The van der Waals surface area contributed by atoms with Crippen molar-refractivity contribution in [3.63, 3.8) is 0 Å². The van der Waals surface area contributed by atoms with Crippen molar-refractivity contribution in [3.8, 4) is 0 Å². The van der Waals surface area contributed by atoms with Crippen LogP contribution in [-0.4, -0.2) is 4.98 Å². The zero-order valence-electron chi connectivity index (χ0n) is 10.3. The van der Waals surface area contributed by atoms with E-state index in [1.54, 1.807) is 0 Å². The van der Waals surface area contributed by atoms with E-state index in [4.69, 9.17) is 0 Å². The maximum Gasteiger partial charge on any atom is 0.0438 e. The van der Waals surface area contributed by atoms with Gasteiger partial charge in [-0.3, -0.25) is 4.98 Å². The van der Waals surface area contributed by atoms with Gasteiger partial charge in [-0.1, -0.05) is 39.2 Å². The van der Waals surface area contributed by atoms with E-state index in [2.05, 4.69) is 37.9 Å². The van der Waals surface area contributed by atoms with Crippen molar-refractivity contribution in [1.82, 2.24) is 4.98 Å². The molecule has 0 aromatic carbocycles. The molecule has 0 atom stereocenters. The molecule has 1 nitrogen and oxygen atoms in total. The molecule has 1 aromatic rings. The maximum absolute atomic E-state index is 4.64. The van der Waals surface area contributed by atoms with Crippen LogP contribution in [0.1, 0.15) is 56.5 Å². The van der Waals surface area contributed by atoms with Gasteiger partial charge in [-0.05, 0) is 37.8 Å². The molecule has 0 N–H and O–H groups in total. The monoisotopic (exact) mass is 205 g/mol. The van der Waals surface area contributed by atoms with Gasteiger partial charge in [0, 0.05) is 11.4 Å². The average Bonchev–Trinajstić information content (AvgIpc) is 2.25. The summed E-state index contributed by atoms with van der Waals surface area (Å²) in [6, 6.07) is 4.35. The predicted molar refractivity (Wildman–Crippen MR) is 66.2 cm³/mol. The number of pyridine rings is 1. The van der Waals surface area contributed by atoms with Crippen LogP contribution in [-0.2, 0) is 12.8 Å². The fourth-order valence-corrected chi connectivity index (χ4v) is 1.90. The van der Waals surface area contributed by atoms with Crippen molar-refractivity contribution in [1.29, 1.82) is 0 Å². The van der Waals surface area contributed by atoms with Gasteiger partial charge in [0.1, 0.15) is 0 Å². The summed E-state index contributed by atoms with van der Waals surface area (Å²) in [5.74, 6) is 0. The van der Waals surface area contributed by atoms with Crippen molar-refractivity contribution >= 4 is 0 Å². The van der Waals surface area contributed by atoms with Crippen LogP contribution in [0.15, 0.2) is 12.1 Å². The Bertz CT molecular complexity index is 291. The number of unbranched alkanes of at least 4 members (excludes halogenated alkanes) is 3. The fourth-order valence-electron chi connectivity index (χ4n) is 1.90. The van der Waals surface area contributed by atoms with Gasteiger partial charge in [0.15, 0.2) is 0 Å². The highest BCUT2D eigenvalue weighted by molar-refractivity contribution is 5.22. The molecule has 0 aliphatic heterocycles. The van der Waals surface area contributed by atoms with Crippen LogP contribution < -0.4 is 0 Å². The van der Waals surface area contributed by atoms with Gasteiger partial charge in [-0.2, -0.15) is 0 Å². The summed E-state index contributed by atoms with van der Waals surface area (Å²) in [5.41, 5.74) is 3.91. The number of nitrogens with zero attached hydrogens (tertiary/aromatic N) is 1. The van der Waals surface area contributed by atoms with E-state index in [0.29, 0.717) is 0 Å². The van der Waals surface area contributed by atoms with Gasteiger partial charge in [0.2, 0.25) is 0 Å². The number of hydrogen-bond donors (Lipinski definition) is 0. The zero-order chi connectivity index (χ0) is 11.1. The van der Waals surface area contributed by atoms with E-state index < -0.39 is 0 Å². The number of aromatic nitrogens is 1. The molecule has 1 heterocycles. The maximum atomic E-state index is 4.64. The summed E-state index contributed by atoms with van der Waals surface area (Å²) < 4.78 is 0. The first-order valence-corrected chi connectivity index (χ1v) is 6.23. The molecule has 84 valence electrons. The summed E-state index contributed by atoms with van der Waals surface area (Å²) in [6.45, 7) is 6.54. The van der Waals surface area contributed by atoms with Gasteiger partial charge in [0.05, 0.1) is 0 Å². The standard InChI is InChI=1S/C14H23N/c1-4-6-7-8-9-14-13(5-2)11-10-12(3)15-14/h10-11H,4-9H2,1-3H3. The van der Waals surface area contributed by atoms with Crippen LogP contribution >= 0.6 is 0 Å². The highest BCUT2D eigenvalue weighted by Gasteiger charge is 2.02. The second-order valence-electron chi connectivity index (χ2n) is 4.22. The van der Waals surface area contributed by atoms with Crippen LogP contribution in [0.4, 0.5) is 0 Å². The molecule has 0 saturated carbocycles. The topological polar surface area (TPSA) is 12.9 Å². The van der Waals surface area contributed by atoms with Crippen molar-refractivity contribution in [2.45, 2.75) is 59.3 Å². The van der Waals surface area contributed by atoms with E-state index in [1.807, 2.05) is 0 Å². The van der Waals surface area contributed by atoms with Crippen molar-refractivity contribution in [3.05, 3.63) is 29.1 Å². The van der Waals surface area contributed by atoms with Gasteiger partial charge in [-0.15, -0.1) is 0 Å². The summed E-state index contributed by atoms with van der Waals surface area (Å²) in [5, 5.41) is 0. The Morgan fingerprint density at radius 2 is 1.87 bits per heavy atom. The lowest BCUT2D eigenvalue weighted by Gasteiger charge is -2.07. The SMILES string of the molecule is CCCCCCc1nc(C)ccc1CC. The minimum absolute atomic E-state index is 1.11. The van der Waals surface area contributed by atoms with Gasteiger partial charge < -0.3 is 0 Å². The first-order chi connectivity index (χ1) is 7.27. The number of hydrogen-bond acceptors (Lipinski definition) is 1. The lowest BCUT2D eigenvalue weighted by Crippen LogP contribution is -1.98. The molecule has 0 aliphatic rings. The quantitative estimate of drug-likeness (QED) is 0.638. The summed E-state index contributed by atoms with van der Waals surface area (Å²) in [6.07, 6.45) is 7.56. The lowest BCUT2D eigenvalue weighted by atomic mass is 10.0. The molecule has 0 radical (unpaired) electrons. The smallest absolute Gasteiger partial charge is 0.0438 e. The summed E-state index contributed by atoms with van der Waals surface area (Å²) in [4.78, 5) is 4.64. The van der Waals surface area contributed by atoms with Crippen LogP contribution in [0.5, 0.6) is 0 Å². The van der Waals surface area contributed by atoms with E-state index in [1.165, 1.54) is 36.9 Å². The molecule has 0 unspecified atom stereocenters. The Balaban J connectivity index is 2.54. The highest BCUT2D eigenvalue weighted by Crippen LogP contribution is 2.12. The highest BCUT2D eigenvalue weighted by atomic mass is 14.7. The molecule has 0 fully saturated rings. The van der Waals surface area contributed by atoms with Crippen LogP contribution in [0.3, 0.4) is 0 Å². The summed E-state index contributed by atoms with van der Waals surface area (Å²) in [7, 11) is 0. The molecule has 1 heteroatoms. The molecule has 0 saturated heterocycles. The minimum Gasteiger partial charge on any atom is -0.258 e. The third kappa shape index (κ3) is 4.03. The van der Waals surface area contributed by atoms with E-state index in [9.17, 15) is 0 Å². The first-order valence-electron chi connectivity index (χ1n) is 6.23. The van der Waals surface area contributed by atoms with E-state index in [-0.39, 0.29) is 0 Å². The molecule has 0 spiro atoms. The van der Waals surface area contributed by atoms with E-state index >= 15 is 0 Å².